The van der Waals surface area contributed by atoms with E-state index < -0.39 is 42.1 Å². The fourth-order valence-corrected chi connectivity index (χ4v) is 3.45. The first-order chi connectivity index (χ1) is 14.8. The van der Waals surface area contributed by atoms with Gasteiger partial charge in [0.1, 0.15) is 24.0 Å². The lowest BCUT2D eigenvalue weighted by Gasteiger charge is -2.31. The van der Waals surface area contributed by atoms with E-state index in [4.69, 9.17) is 15.6 Å². The number of amides is 2. The quantitative estimate of drug-likeness (QED) is 0.409. The molecule has 9 nitrogen and oxygen atoms in total. The van der Waals surface area contributed by atoms with Gasteiger partial charge in [0.2, 0.25) is 11.8 Å². The molecule has 4 atom stereocenters. The summed E-state index contributed by atoms with van der Waals surface area (Å²) >= 11 is 0. The lowest BCUT2D eigenvalue weighted by molar-refractivity contribution is -0.137. The molecule has 0 heterocycles. The first-order valence-corrected chi connectivity index (χ1v) is 9.79. The van der Waals surface area contributed by atoms with Crippen molar-refractivity contribution in [2.75, 3.05) is 0 Å². The molecular weight excluding hydrogens is 404 g/mol. The third-order valence-electron chi connectivity index (χ3n) is 5.13. The van der Waals surface area contributed by atoms with Crippen LogP contribution in [0.4, 0.5) is 0 Å². The van der Waals surface area contributed by atoms with E-state index in [0.29, 0.717) is 5.75 Å². The number of aliphatic carboxylic acids is 1. The number of carbonyl (C=O) groups excluding carboxylic acids is 2. The lowest BCUT2D eigenvalue weighted by atomic mass is 9.91. The summed E-state index contributed by atoms with van der Waals surface area (Å²) in [6, 6.07) is 11.7. The Bertz CT molecular complexity index is 1010. The number of carbonyl (C=O) groups is 3. The van der Waals surface area contributed by atoms with E-state index in [1.807, 2.05) is 30.3 Å². The first kappa shape index (κ1) is 22.3. The van der Waals surface area contributed by atoms with Crippen LogP contribution >= 0.6 is 0 Å². The van der Waals surface area contributed by atoms with E-state index in [9.17, 15) is 24.6 Å². The molecule has 0 aromatic heterocycles. The van der Waals surface area contributed by atoms with Gasteiger partial charge in [0.25, 0.3) is 0 Å². The van der Waals surface area contributed by atoms with Crippen molar-refractivity contribution in [3.63, 3.8) is 0 Å². The van der Waals surface area contributed by atoms with Gasteiger partial charge in [0, 0.05) is 23.8 Å². The minimum atomic E-state index is -1.27. The molecule has 0 bridgehead atoms. The molecule has 4 unspecified atom stereocenters. The van der Waals surface area contributed by atoms with E-state index in [1.165, 1.54) is 6.08 Å². The molecule has 0 radical (unpaired) electrons. The Morgan fingerprint density at radius 1 is 1.13 bits per heavy atom. The summed E-state index contributed by atoms with van der Waals surface area (Å²) in [5.41, 5.74) is 5.35. The summed E-state index contributed by atoms with van der Waals surface area (Å²) < 4.78 is 5.93. The summed E-state index contributed by atoms with van der Waals surface area (Å²) in [4.78, 5) is 34.9. The van der Waals surface area contributed by atoms with Crippen molar-refractivity contribution in [3.8, 4) is 5.75 Å². The molecule has 0 fully saturated rings. The molecule has 1 aliphatic carbocycles. The van der Waals surface area contributed by atoms with Crippen LogP contribution in [0.2, 0.25) is 0 Å². The summed E-state index contributed by atoms with van der Waals surface area (Å²) in [6.07, 6.45) is -2.82. The molecule has 2 aromatic carbocycles. The Hall–Kier alpha value is -3.43. The number of primary amides is 1. The smallest absolute Gasteiger partial charge is 0.303 e. The van der Waals surface area contributed by atoms with Gasteiger partial charge in [-0.2, -0.15) is 0 Å². The Balaban J connectivity index is 1.80. The Labute approximate surface area is 178 Å². The number of hydrogen-bond donors (Lipinski definition) is 5. The molecule has 2 aromatic rings. The number of carboxylic acid groups (broad SMARTS) is 1. The van der Waals surface area contributed by atoms with Gasteiger partial charge in [0.05, 0.1) is 6.10 Å². The second-order valence-electron chi connectivity index (χ2n) is 7.37. The van der Waals surface area contributed by atoms with E-state index >= 15 is 0 Å². The molecule has 0 saturated heterocycles. The lowest BCUT2D eigenvalue weighted by Crippen LogP contribution is -2.48. The molecule has 2 amide bonds. The molecule has 3 rings (SSSR count). The largest absolute Gasteiger partial charge is 0.483 e. The third-order valence-corrected chi connectivity index (χ3v) is 5.13. The standard InChI is InChI=1S/C22H24N2O7/c23-21(29)15(8-9-19(26)27)24-22(30)13-10-16(25)20(28)18(11-13)31-17-7-3-5-12-4-1-2-6-14(12)17/h1-7,11,15-16,18,20,25,28H,8-10H2,(H2,23,29)(H,24,30)(H,26,27). The van der Waals surface area contributed by atoms with Crippen molar-refractivity contribution in [3.05, 3.63) is 54.1 Å². The minimum absolute atomic E-state index is 0.101. The van der Waals surface area contributed by atoms with Crippen molar-refractivity contribution in [1.82, 2.24) is 5.32 Å². The maximum atomic E-state index is 12.6. The van der Waals surface area contributed by atoms with Crippen molar-refractivity contribution < 1.29 is 34.4 Å². The Morgan fingerprint density at radius 3 is 2.55 bits per heavy atom. The van der Waals surface area contributed by atoms with Gasteiger partial charge in [-0.3, -0.25) is 14.4 Å². The molecule has 0 saturated carbocycles. The summed E-state index contributed by atoms with van der Waals surface area (Å²) in [6.45, 7) is 0. The fourth-order valence-electron chi connectivity index (χ4n) is 3.45. The number of nitrogens with two attached hydrogens (primary N) is 1. The number of fused-ring (bicyclic) bond motifs is 1. The second-order valence-corrected chi connectivity index (χ2v) is 7.37. The van der Waals surface area contributed by atoms with Crippen LogP contribution in [0.1, 0.15) is 19.3 Å². The van der Waals surface area contributed by atoms with Crippen LogP contribution in [-0.4, -0.2) is 57.5 Å². The number of rotatable bonds is 8. The highest BCUT2D eigenvalue weighted by Crippen LogP contribution is 2.29. The average molecular weight is 428 g/mol. The predicted molar refractivity (Wildman–Crippen MR) is 111 cm³/mol. The van der Waals surface area contributed by atoms with Gasteiger partial charge in [-0.25, -0.2) is 0 Å². The predicted octanol–water partition coefficient (Wildman–Crippen LogP) is 0.474. The second kappa shape index (κ2) is 9.59. The highest BCUT2D eigenvalue weighted by Gasteiger charge is 2.35. The van der Waals surface area contributed by atoms with Gasteiger partial charge in [-0.05, 0) is 23.9 Å². The first-order valence-electron chi connectivity index (χ1n) is 9.79. The fraction of sp³-hybridized carbons (Fsp3) is 0.318. The van der Waals surface area contributed by atoms with Gasteiger partial charge in [0.15, 0.2) is 0 Å². The topological polar surface area (TPSA) is 159 Å². The normalized spacial score (nSPS) is 21.7. The SMILES string of the molecule is NC(=O)C(CCC(=O)O)NC(=O)C1=CC(Oc2cccc3ccccc23)C(O)C(O)C1. The van der Waals surface area contributed by atoms with Crippen LogP contribution in [0.25, 0.3) is 10.8 Å². The number of aliphatic hydroxyl groups excluding tert-OH is 2. The summed E-state index contributed by atoms with van der Waals surface area (Å²) in [7, 11) is 0. The van der Waals surface area contributed by atoms with Crippen LogP contribution in [0, 0.1) is 0 Å². The molecular formula is C22H24N2O7. The number of ether oxygens (including phenoxy) is 1. The van der Waals surface area contributed by atoms with Crippen molar-refractivity contribution in [1.29, 1.82) is 0 Å². The third kappa shape index (κ3) is 5.39. The molecule has 9 heteroatoms. The summed E-state index contributed by atoms with van der Waals surface area (Å²) in [5, 5.41) is 33.6. The number of aliphatic hydroxyl groups is 2. The van der Waals surface area contributed by atoms with Gasteiger partial charge < -0.3 is 31.1 Å². The number of benzene rings is 2. The van der Waals surface area contributed by atoms with Crippen LogP contribution in [-0.2, 0) is 14.4 Å². The van der Waals surface area contributed by atoms with Crippen LogP contribution < -0.4 is 15.8 Å². The van der Waals surface area contributed by atoms with E-state index in [2.05, 4.69) is 5.32 Å². The van der Waals surface area contributed by atoms with E-state index in [-0.39, 0.29) is 24.8 Å². The molecule has 0 aliphatic heterocycles. The zero-order valence-electron chi connectivity index (χ0n) is 16.6. The van der Waals surface area contributed by atoms with Crippen molar-refractivity contribution >= 4 is 28.6 Å². The van der Waals surface area contributed by atoms with E-state index in [0.717, 1.165) is 10.8 Å². The molecule has 1 aliphatic rings. The maximum absolute atomic E-state index is 12.6. The van der Waals surface area contributed by atoms with Crippen LogP contribution in [0.15, 0.2) is 54.1 Å². The molecule has 164 valence electrons. The number of nitrogens with one attached hydrogen (secondary N) is 1. The van der Waals surface area contributed by atoms with Gasteiger partial charge in [-0.15, -0.1) is 0 Å². The van der Waals surface area contributed by atoms with Crippen molar-refractivity contribution in [2.45, 2.75) is 43.6 Å². The number of hydrogen-bond acceptors (Lipinski definition) is 6. The molecule has 31 heavy (non-hydrogen) atoms. The molecule has 0 spiro atoms. The zero-order chi connectivity index (χ0) is 22.5. The molecule has 6 N–H and O–H groups in total. The van der Waals surface area contributed by atoms with Crippen molar-refractivity contribution in [2.24, 2.45) is 5.73 Å². The maximum Gasteiger partial charge on any atom is 0.303 e. The van der Waals surface area contributed by atoms with E-state index in [1.54, 1.807) is 12.1 Å². The number of carboxylic acids is 1. The Morgan fingerprint density at radius 2 is 1.84 bits per heavy atom. The monoisotopic (exact) mass is 428 g/mol. The minimum Gasteiger partial charge on any atom is -0.483 e. The van der Waals surface area contributed by atoms with Crippen LogP contribution in [0.5, 0.6) is 5.75 Å². The highest BCUT2D eigenvalue weighted by atomic mass is 16.5. The average Bonchev–Trinajstić information content (AvgIpc) is 2.73. The zero-order valence-corrected chi connectivity index (χ0v) is 16.6. The van der Waals surface area contributed by atoms with Gasteiger partial charge in [-0.1, -0.05) is 36.4 Å². The van der Waals surface area contributed by atoms with Gasteiger partial charge >= 0.3 is 5.97 Å². The van der Waals surface area contributed by atoms with Crippen LogP contribution in [0.3, 0.4) is 0 Å². The highest BCUT2D eigenvalue weighted by molar-refractivity contribution is 5.97. The summed E-state index contributed by atoms with van der Waals surface area (Å²) in [5.74, 6) is -2.20. The Kier molecular flexibility index (Phi) is 6.88.